The lowest BCUT2D eigenvalue weighted by Gasteiger charge is -2.28. The number of fused-ring (bicyclic) bond motifs is 1. The van der Waals surface area contributed by atoms with E-state index in [2.05, 4.69) is 5.16 Å². The van der Waals surface area contributed by atoms with Crippen LogP contribution in [0.25, 0.3) is 11.3 Å². The Morgan fingerprint density at radius 2 is 1.89 bits per heavy atom. The predicted octanol–water partition coefficient (Wildman–Crippen LogP) is 4.11. The number of nitrogens with zero attached hydrogens (tertiary/aromatic N) is 3. The van der Waals surface area contributed by atoms with Crippen molar-refractivity contribution in [3.63, 3.8) is 0 Å². The van der Waals surface area contributed by atoms with Gasteiger partial charge in [-0.15, -0.1) is 0 Å². The second-order valence-electron chi connectivity index (χ2n) is 8.63. The predicted molar refractivity (Wildman–Crippen MR) is 129 cm³/mol. The molecule has 1 fully saturated rings. The van der Waals surface area contributed by atoms with Gasteiger partial charge in [0, 0.05) is 47.8 Å². The van der Waals surface area contributed by atoms with Crippen molar-refractivity contribution < 1.29 is 23.6 Å². The standard InChI is InChI=1S/C26H24ClN3O5/c1-2-34-26(33)17-5-9-20(10-6-17)30-14-18(13-23(30)31)25(32)29-12-11-22-21(15-29)24(35-28-22)16-3-7-19(27)8-4-16/h3-10,18H,2,11-15H2,1H3. The van der Waals surface area contributed by atoms with E-state index in [0.717, 1.165) is 16.8 Å². The quantitative estimate of drug-likeness (QED) is 0.497. The molecular formula is C26H24ClN3O5. The summed E-state index contributed by atoms with van der Waals surface area (Å²) in [5.74, 6) is -0.377. The maximum atomic E-state index is 13.4. The Kier molecular flexibility index (Phi) is 6.30. The van der Waals surface area contributed by atoms with Crippen molar-refractivity contribution in [2.75, 3.05) is 24.6 Å². The molecule has 0 N–H and O–H groups in total. The Bertz CT molecular complexity index is 1270. The Balaban J connectivity index is 1.28. The summed E-state index contributed by atoms with van der Waals surface area (Å²) in [6.07, 6.45) is 0.743. The van der Waals surface area contributed by atoms with E-state index in [0.29, 0.717) is 54.7 Å². The second-order valence-corrected chi connectivity index (χ2v) is 9.06. The highest BCUT2D eigenvalue weighted by atomic mass is 35.5. The fraction of sp³-hybridized carbons (Fsp3) is 0.308. The van der Waals surface area contributed by atoms with E-state index in [4.69, 9.17) is 20.9 Å². The minimum absolute atomic E-state index is 0.0575. The average Bonchev–Trinajstić information content (AvgIpc) is 3.47. The van der Waals surface area contributed by atoms with Gasteiger partial charge in [0.05, 0.1) is 30.3 Å². The summed E-state index contributed by atoms with van der Waals surface area (Å²) in [4.78, 5) is 41.4. The van der Waals surface area contributed by atoms with Gasteiger partial charge in [-0.2, -0.15) is 0 Å². The van der Waals surface area contributed by atoms with Gasteiger partial charge in [0.25, 0.3) is 0 Å². The molecule has 8 nitrogen and oxygen atoms in total. The van der Waals surface area contributed by atoms with Gasteiger partial charge in [-0.3, -0.25) is 9.59 Å². The highest BCUT2D eigenvalue weighted by Gasteiger charge is 2.39. The van der Waals surface area contributed by atoms with E-state index in [1.807, 2.05) is 12.1 Å². The molecule has 3 aromatic rings. The molecule has 2 aliphatic heterocycles. The molecule has 0 radical (unpaired) electrons. The van der Waals surface area contributed by atoms with Crippen molar-refractivity contribution in [1.29, 1.82) is 0 Å². The molecule has 5 rings (SSSR count). The number of amides is 2. The lowest BCUT2D eigenvalue weighted by molar-refractivity contribution is -0.136. The highest BCUT2D eigenvalue weighted by Crippen LogP contribution is 2.33. The van der Waals surface area contributed by atoms with Gasteiger partial charge < -0.3 is 19.1 Å². The zero-order valence-corrected chi connectivity index (χ0v) is 20.0. The first-order valence-corrected chi connectivity index (χ1v) is 11.9. The molecule has 35 heavy (non-hydrogen) atoms. The fourth-order valence-corrected chi connectivity index (χ4v) is 4.73. The third-order valence-electron chi connectivity index (χ3n) is 6.42. The lowest BCUT2D eigenvalue weighted by Crippen LogP contribution is -2.40. The van der Waals surface area contributed by atoms with E-state index in [-0.39, 0.29) is 18.2 Å². The first kappa shape index (κ1) is 23.1. The molecule has 2 amide bonds. The minimum atomic E-state index is -0.437. The fourth-order valence-electron chi connectivity index (χ4n) is 4.60. The van der Waals surface area contributed by atoms with Crippen molar-refractivity contribution in [2.45, 2.75) is 26.3 Å². The summed E-state index contributed by atoms with van der Waals surface area (Å²) in [7, 11) is 0. The molecule has 0 spiro atoms. The third-order valence-corrected chi connectivity index (χ3v) is 6.67. The number of aromatic nitrogens is 1. The zero-order valence-electron chi connectivity index (χ0n) is 19.2. The minimum Gasteiger partial charge on any atom is -0.462 e. The lowest BCUT2D eigenvalue weighted by atomic mass is 9.99. The van der Waals surface area contributed by atoms with E-state index in [1.54, 1.807) is 53.1 Å². The number of anilines is 1. The van der Waals surface area contributed by atoms with Crippen LogP contribution in [-0.4, -0.2) is 47.5 Å². The van der Waals surface area contributed by atoms with Crippen LogP contribution in [0.5, 0.6) is 0 Å². The number of benzene rings is 2. The number of halogens is 1. The molecule has 0 bridgehead atoms. The van der Waals surface area contributed by atoms with Crippen LogP contribution in [0.2, 0.25) is 5.02 Å². The average molecular weight is 494 g/mol. The van der Waals surface area contributed by atoms with Crippen LogP contribution in [0.1, 0.15) is 35.0 Å². The van der Waals surface area contributed by atoms with Gasteiger partial charge in [-0.25, -0.2) is 4.79 Å². The van der Waals surface area contributed by atoms with E-state index in [9.17, 15) is 14.4 Å². The smallest absolute Gasteiger partial charge is 0.338 e. The van der Waals surface area contributed by atoms with Crippen LogP contribution in [-0.2, 0) is 27.3 Å². The van der Waals surface area contributed by atoms with Crippen molar-refractivity contribution in [2.24, 2.45) is 5.92 Å². The van der Waals surface area contributed by atoms with Crippen LogP contribution < -0.4 is 4.90 Å². The number of hydrogen-bond donors (Lipinski definition) is 0. The number of esters is 1. The number of ether oxygens (including phenoxy) is 1. The molecular weight excluding hydrogens is 470 g/mol. The van der Waals surface area contributed by atoms with E-state index >= 15 is 0 Å². The molecule has 3 heterocycles. The normalized spacial score (nSPS) is 17.4. The molecule has 0 aliphatic carbocycles. The SMILES string of the molecule is CCOC(=O)c1ccc(N2CC(C(=O)N3CCc4noc(-c5ccc(Cl)cc5)c4C3)CC2=O)cc1. The van der Waals surface area contributed by atoms with E-state index in [1.165, 1.54) is 0 Å². The van der Waals surface area contributed by atoms with Crippen molar-refractivity contribution >= 4 is 35.1 Å². The Hall–Kier alpha value is -3.65. The Labute approximate surface area is 207 Å². The summed E-state index contributed by atoms with van der Waals surface area (Å²) >= 11 is 6.00. The summed E-state index contributed by atoms with van der Waals surface area (Å²) in [6, 6.07) is 14.0. The molecule has 2 aliphatic rings. The molecule has 2 aromatic carbocycles. The van der Waals surface area contributed by atoms with Gasteiger partial charge >= 0.3 is 5.97 Å². The van der Waals surface area contributed by atoms with Crippen LogP contribution in [0, 0.1) is 5.92 Å². The third kappa shape index (κ3) is 4.53. The number of hydrogen-bond acceptors (Lipinski definition) is 6. The largest absolute Gasteiger partial charge is 0.462 e. The summed E-state index contributed by atoms with van der Waals surface area (Å²) in [5.41, 5.74) is 3.67. The van der Waals surface area contributed by atoms with Crippen LogP contribution in [0.4, 0.5) is 5.69 Å². The zero-order chi connectivity index (χ0) is 24.5. The summed E-state index contributed by atoms with van der Waals surface area (Å²) < 4.78 is 10.6. The Morgan fingerprint density at radius 3 is 2.60 bits per heavy atom. The first-order chi connectivity index (χ1) is 16.9. The molecule has 1 atom stereocenters. The van der Waals surface area contributed by atoms with Gasteiger partial charge in [0.1, 0.15) is 0 Å². The van der Waals surface area contributed by atoms with Crippen molar-refractivity contribution in [1.82, 2.24) is 10.1 Å². The van der Waals surface area contributed by atoms with Gasteiger partial charge in [-0.05, 0) is 55.5 Å². The molecule has 1 aromatic heterocycles. The summed E-state index contributed by atoms with van der Waals surface area (Å²) in [6.45, 7) is 3.25. The van der Waals surface area contributed by atoms with E-state index < -0.39 is 11.9 Å². The van der Waals surface area contributed by atoms with Crippen LogP contribution >= 0.6 is 11.6 Å². The van der Waals surface area contributed by atoms with Gasteiger partial charge in [0.15, 0.2) is 5.76 Å². The topological polar surface area (TPSA) is 92.9 Å². The highest BCUT2D eigenvalue weighted by molar-refractivity contribution is 6.30. The number of carbonyl (C=O) groups is 3. The van der Waals surface area contributed by atoms with Crippen LogP contribution in [0.15, 0.2) is 53.1 Å². The Morgan fingerprint density at radius 1 is 1.14 bits per heavy atom. The molecule has 1 unspecified atom stereocenters. The molecule has 180 valence electrons. The molecule has 0 saturated carbocycles. The van der Waals surface area contributed by atoms with Gasteiger partial charge in [-0.1, -0.05) is 16.8 Å². The number of carbonyl (C=O) groups excluding carboxylic acids is 3. The van der Waals surface area contributed by atoms with Crippen LogP contribution in [0.3, 0.4) is 0 Å². The monoisotopic (exact) mass is 493 g/mol. The number of rotatable bonds is 5. The maximum Gasteiger partial charge on any atom is 0.338 e. The van der Waals surface area contributed by atoms with Crippen molar-refractivity contribution in [3.8, 4) is 11.3 Å². The second kappa shape index (κ2) is 9.54. The van der Waals surface area contributed by atoms with Gasteiger partial charge in [0.2, 0.25) is 11.8 Å². The molecule has 1 saturated heterocycles. The molecule has 9 heteroatoms. The maximum absolute atomic E-state index is 13.4. The first-order valence-electron chi connectivity index (χ1n) is 11.5. The van der Waals surface area contributed by atoms with Crippen molar-refractivity contribution in [3.05, 3.63) is 70.4 Å². The summed E-state index contributed by atoms with van der Waals surface area (Å²) in [5, 5.41) is 4.83.